The van der Waals surface area contributed by atoms with Gasteiger partial charge in [-0.3, -0.25) is 10.1 Å². The molecule has 1 heterocycles. The molecule has 37 heavy (non-hydrogen) atoms. The Morgan fingerprint density at radius 1 is 0.784 bits per heavy atom. The van der Waals surface area contributed by atoms with Crippen LogP contribution in [0.4, 0.5) is 5.69 Å². The first-order chi connectivity index (χ1) is 18.0. The third-order valence-electron chi connectivity index (χ3n) is 5.37. The average molecular weight is 493 g/mol. The van der Waals surface area contributed by atoms with Gasteiger partial charge in [0.05, 0.1) is 10.5 Å². The van der Waals surface area contributed by atoms with Crippen molar-refractivity contribution in [3.05, 3.63) is 124 Å². The lowest BCUT2D eigenvalue weighted by molar-refractivity contribution is -0.384. The molecule has 0 aliphatic carbocycles. The normalized spacial score (nSPS) is 10.6. The zero-order chi connectivity index (χ0) is 25.6. The fraction of sp³-hybridized carbons (Fsp3) is 0.0357. The van der Waals surface area contributed by atoms with Gasteiger partial charge in [0.25, 0.3) is 5.69 Å². The molecular formula is C28H19N3O6. The number of aromatic nitrogens is 2. The molecule has 9 heteroatoms. The topological polar surface area (TPSA) is 118 Å². The van der Waals surface area contributed by atoms with Crippen molar-refractivity contribution in [2.75, 3.05) is 0 Å². The van der Waals surface area contributed by atoms with E-state index in [-0.39, 0.29) is 12.3 Å². The van der Waals surface area contributed by atoms with Crippen LogP contribution in [0.5, 0.6) is 11.5 Å². The lowest BCUT2D eigenvalue weighted by Gasteiger charge is -2.08. The summed E-state index contributed by atoms with van der Waals surface area (Å²) in [5, 5.41) is 18.9. The van der Waals surface area contributed by atoms with Gasteiger partial charge in [0.1, 0.15) is 18.1 Å². The summed E-state index contributed by atoms with van der Waals surface area (Å²) in [6, 6.07) is 29.0. The molecule has 0 bridgehead atoms. The second-order valence-corrected chi connectivity index (χ2v) is 7.93. The molecule has 5 aromatic rings. The summed E-state index contributed by atoms with van der Waals surface area (Å²) in [6.45, 7) is 0.0690. The summed E-state index contributed by atoms with van der Waals surface area (Å²) in [6.07, 6.45) is 0. The summed E-state index contributed by atoms with van der Waals surface area (Å²) < 4.78 is 16.9. The number of hydrogen-bond donors (Lipinski definition) is 0. The van der Waals surface area contributed by atoms with Gasteiger partial charge in [-0.05, 0) is 60.2 Å². The minimum atomic E-state index is -0.490. The number of nitro benzene ring substituents is 1. The van der Waals surface area contributed by atoms with Crippen molar-refractivity contribution in [3.8, 4) is 34.4 Å². The van der Waals surface area contributed by atoms with E-state index in [1.807, 2.05) is 30.3 Å². The first kappa shape index (κ1) is 23.4. The van der Waals surface area contributed by atoms with Gasteiger partial charge in [-0.1, -0.05) is 36.4 Å². The highest BCUT2D eigenvalue weighted by molar-refractivity contribution is 5.90. The number of esters is 1. The molecule has 1 aromatic heterocycles. The molecule has 182 valence electrons. The Balaban J connectivity index is 1.19. The predicted octanol–water partition coefficient (Wildman–Crippen LogP) is 6.46. The highest BCUT2D eigenvalue weighted by atomic mass is 16.6. The SMILES string of the molecule is O=C(OCc1ccc(Oc2ccc([N+](=O)[O-])cc2)cc1)c1cccc(-c2nnc(-c3ccccc3)o2)c1. The van der Waals surface area contributed by atoms with Gasteiger partial charge in [-0.15, -0.1) is 10.2 Å². The van der Waals surface area contributed by atoms with Crippen LogP contribution in [-0.4, -0.2) is 21.1 Å². The van der Waals surface area contributed by atoms with Crippen LogP contribution in [0, 0.1) is 10.1 Å². The van der Waals surface area contributed by atoms with Crippen LogP contribution in [-0.2, 0) is 11.3 Å². The number of benzene rings is 4. The Labute approximate surface area is 211 Å². The number of nitro groups is 1. The lowest BCUT2D eigenvalue weighted by atomic mass is 10.1. The third-order valence-corrected chi connectivity index (χ3v) is 5.37. The van der Waals surface area contributed by atoms with Crippen LogP contribution in [0.25, 0.3) is 22.9 Å². The van der Waals surface area contributed by atoms with Crippen LogP contribution < -0.4 is 4.74 Å². The fourth-order valence-electron chi connectivity index (χ4n) is 3.47. The van der Waals surface area contributed by atoms with E-state index < -0.39 is 10.9 Å². The van der Waals surface area contributed by atoms with E-state index in [9.17, 15) is 14.9 Å². The van der Waals surface area contributed by atoms with E-state index in [4.69, 9.17) is 13.9 Å². The quantitative estimate of drug-likeness (QED) is 0.137. The monoisotopic (exact) mass is 493 g/mol. The van der Waals surface area contributed by atoms with E-state index >= 15 is 0 Å². The number of nitrogens with zero attached hydrogens (tertiary/aromatic N) is 3. The second kappa shape index (κ2) is 10.5. The Bertz CT molecular complexity index is 1530. The Hall–Kier alpha value is -5.31. The molecule has 0 N–H and O–H groups in total. The zero-order valence-electron chi connectivity index (χ0n) is 19.3. The molecule has 0 radical (unpaired) electrons. The van der Waals surface area contributed by atoms with Crippen molar-refractivity contribution in [2.45, 2.75) is 6.61 Å². The number of carbonyl (C=O) groups excluding carboxylic acids is 1. The van der Waals surface area contributed by atoms with E-state index in [0.29, 0.717) is 34.4 Å². The highest BCUT2D eigenvalue weighted by Gasteiger charge is 2.14. The number of ether oxygens (including phenoxy) is 2. The van der Waals surface area contributed by atoms with Crippen molar-refractivity contribution in [1.29, 1.82) is 0 Å². The molecule has 0 amide bonds. The maximum atomic E-state index is 12.7. The fourth-order valence-corrected chi connectivity index (χ4v) is 3.47. The largest absolute Gasteiger partial charge is 0.457 e. The van der Waals surface area contributed by atoms with E-state index in [0.717, 1.165) is 11.1 Å². The molecule has 0 aliphatic rings. The average Bonchev–Trinajstić information content (AvgIpc) is 3.44. The number of non-ortho nitro benzene ring substituents is 1. The number of hydrogen-bond acceptors (Lipinski definition) is 8. The summed E-state index contributed by atoms with van der Waals surface area (Å²) in [5.74, 6) is 1.23. The van der Waals surface area contributed by atoms with E-state index in [1.54, 1.807) is 48.5 Å². The number of rotatable bonds is 8. The minimum Gasteiger partial charge on any atom is -0.457 e. The molecule has 0 atom stereocenters. The molecule has 9 nitrogen and oxygen atoms in total. The van der Waals surface area contributed by atoms with Gasteiger partial charge in [0.2, 0.25) is 11.8 Å². The second-order valence-electron chi connectivity index (χ2n) is 7.93. The highest BCUT2D eigenvalue weighted by Crippen LogP contribution is 2.26. The minimum absolute atomic E-state index is 0.0101. The zero-order valence-corrected chi connectivity index (χ0v) is 19.3. The first-order valence-electron chi connectivity index (χ1n) is 11.2. The van der Waals surface area contributed by atoms with Crippen LogP contribution in [0.15, 0.2) is 108 Å². The summed E-state index contributed by atoms with van der Waals surface area (Å²) in [5.41, 5.74) is 2.53. The van der Waals surface area contributed by atoms with Gasteiger partial charge in [0.15, 0.2) is 0 Å². The lowest BCUT2D eigenvalue weighted by Crippen LogP contribution is -2.05. The molecular weight excluding hydrogens is 474 g/mol. The standard InChI is InChI=1S/C28H19N3O6/c32-28(22-8-4-7-21(17-22)27-30-29-26(37-27)20-5-2-1-3-6-20)35-18-19-9-13-24(14-10-19)36-25-15-11-23(12-16-25)31(33)34/h1-17H,18H2. The van der Waals surface area contributed by atoms with Crippen LogP contribution in [0.3, 0.4) is 0 Å². The van der Waals surface area contributed by atoms with E-state index in [2.05, 4.69) is 10.2 Å². The predicted molar refractivity (Wildman–Crippen MR) is 134 cm³/mol. The van der Waals surface area contributed by atoms with Crippen molar-refractivity contribution >= 4 is 11.7 Å². The Morgan fingerprint density at radius 2 is 1.41 bits per heavy atom. The summed E-state index contributed by atoms with van der Waals surface area (Å²) in [7, 11) is 0. The molecule has 5 rings (SSSR count). The number of carbonyl (C=O) groups is 1. The molecule has 0 saturated heterocycles. The van der Waals surface area contributed by atoms with Crippen LogP contribution in [0.1, 0.15) is 15.9 Å². The molecule has 4 aromatic carbocycles. The van der Waals surface area contributed by atoms with Crippen molar-refractivity contribution < 1.29 is 23.6 Å². The van der Waals surface area contributed by atoms with Crippen LogP contribution in [0.2, 0.25) is 0 Å². The maximum Gasteiger partial charge on any atom is 0.338 e. The molecule has 0 spiro atoms. The Morgan fingerprint density at radius 3 is 2.08 bits per heavy atom. The third kappa shape index (κ3) is 5.68. The molecule has 0 saturated carbocycles. The van der Waals surface area contributed by atoms with Crippen molar-refractivity contribution in [3.63, 3.8) is 0 Å². The van der Waals surface area contributed by atoms with Crippen molar-refractivity contribution in [2.24, 2.45) is 0 Å². The smallest absolute Gasteiger partial charge is 0.338 e. The van der Waals surface area contributed by atoms with Crippen LogP contribution >= 0.6 is 0 Å². The van der Waals surface area contributed by atoms with Gasteiger partial charge in [-0.25, -0.2) is 4.79 Å². The molecule has 0 unspecified atom stereocenters. The molecule has 0 fully saturated rings. The maximum absolute atomic E-state index is 12.7. The van der Waals surface area contributed by atoms with Gasteiger partial charge >= 0.3 is 5.97 Å². The van der Waals surface area contributed by atoms with Crippen molar-refractivity contribution in [1.82, 2.24) is 10.2 Å². The van der Waals surface area contributed by atoms with Gasteiger partial charge in [0, 0.05) is 23.3 Å². The van der Waals surface area contributed by atoms with Gasteiger partial charge < -0.3 is 13.9 Å². The first-order valence-corrected chi connectivity index (χ1v) is 11.2. The van der Waals surface area contributed by atoms with E-state index in [1.165, 1.54) is 24.3 Å². The summed E-state index contributed by atoms with van der Waals surface area (Å²) >= 11 is 0. The summed E-state index contributed by atoms with van der Waals surface area (Å²) in [4.78, 5) is 22.9. The Kier molecular flexibility index (Phi) is 6.67. The van der Waals surface area contributed by atoms with Gasteiger partial charge in [-0.2, -0.15) is 0 Å². The molecule has 0 aliphatic heterocycles.